The van der Waals surface area contributed by atoms with Crippen molar-refractivity contribution in [3.63, 3.8) is 0 Å². The summed E-state index contributed by atoms with van der Waals surface area (Å²) in [6, 6.07) is 2.75. The van der Waals surface area contributed by atoms with Crippen molar-refractivity contribution in [2.24, 2.45) is 11.8 Å². The van der Waals surface area contributed by atoms with E-state index in [1.54, 1.807) is 17.2 Å². The van der Waals surface area contributed by atoms with E-state index in [4.69, 9.17) is 4.42 Å². The molecule has 2 heterocycles. The summed E-state index contributed by atoms with van der Waals surface area (Å²) in [6.45, 7) is 8.34. The zero-order chi connectivity index (χ0) is 15.6. The third-order valence-corrected chi connectivity index (χ3v) is 3.75. The number of rotatable bonds is 5. The summed E-state index contributed by atoms with van der Waals surface area (Å²) in [6.07, 6.45) is 2.24. The highest BCUT2D eigenvalue weighted by molar-refractivity contribution is 5.97. The van der Waals surface area contributed by atoms with Crippen molar-refractivity contribution in [1.82, 2.24) is 10.2 Å². The molecule has 1 aromatic heterocycles. The predicted octanol–water partition coefficient (Wildman–Crippen LogP) is 2.18. The number of nitrogens with one attached hydrogen (secondary N) is 1. The number of hydrogen-bond acceptors (Lipinski definition) is 3. The monoisotopic (exact) mass is 292 g/mol. The molecule has 1 aliphatic rings. The Balaban J connectivity index is 2.23. The molecule has 2 rings (SSSR count). The molecule has 21 heavy (non-hydrogen) atoms. The molecule has 1 fully saturated rings. The highest BCUT2D eigenvalue weighted by atomic mass is 16.3. The van der Waals surface area contributed by atoms with Crippen molar-refractivity contribution in [2.45, 2.75) is 52.7 Å². The van der Waals surface area contributed by atoms with E-state index in [0.717, 1.165) is 0 Å². The third-order valence-electron chi connectivity index (χ3n) is 3.75. The summed E-state index contributed by atoms with van der Waals surface area (Å²) < 4.78 is 5.34. The summed E-state index contributed by atoms with van der Waals surface area (Å²) in [5.74, 6) is 1.02. The van der Waals surface area contributed by atoms with Crippen molar-refractivity contribution in [2.75, 3.05) is 0 Å². The van der Waals surface area contributed by atoms with E-state index in [9.17, 15) is 9.59 Å². The smallest absolute Gasteiger partial charge is 0.246 e. The second kappa shape index (κ2) is 6.33. The summed E-state index contributed by atoms with van der Waals surface area (Å²) in [4.78, 5) is 26.8. The van der Waals surface area contributed by atoms with Crippen LogP contribution in [-0.4, -0.2) is 28.8 Å². The van der Waals surface area contributed by atoms with Gasteiger partial charge >= 0.3 is 0 Å². The molecule has 2 atom stereocenters. The maximum Gasteiger partial charge on any atom is 0.246 e. The minimum Gasteiger partial charge on any atom is -0.467 e. The molecule has 0 saturated carbocycles. The Labute approximate surface area is 125 Å². The SMILES string of the molecule is CC(C)CC1NC(=O)C(C(C)C)N(Cc2ccco2)C1=O. The number of carbonyl (C=O) groups excluding carboxylic acids is 2. The topological polar surface area (TPSA) is 62.6 Å². The lowest BCUT2D eigenvalue weighted by molar-refractivity contribution is -0.152. The summed E-state index contributed by atoms with van der Waals surface area (Å²) in [7, 11) is 0. The molecule has 5 nitrogen and oxygen atoms in total. The maximum absolute atomic E-state index is 12.7. The van der Waals surface area contributed by atoms with Crippen LogP contribution in [0.4, 0.5) is 0 Å². The first-order valence-corrected chi connectivity index (χ1v) is 7.53. The van der Waals surface area contributed by atoms with Crippen molar-refractivity contribution in [1.29, 1.82) is 0 Å². The largest absolute Gasteiger partial charge is 0.467 e. The van der Waals surface area contributed by atoms with E-state index >= 15 is 0 Å². The number of furan rings is 1. The lowest BCUT2D eigenvalue weighted by Crippen LogP contribution is -2.64. The standard InChI is InChI=1S/C16H24N2O3/c1-10(2)8-13-16(20)18(9-12-6-5-7-21-12)14(11(3)4)15(19)17-13/h5-7,10-11,13-14H,8-9H2,1-4H3,(H,17,19). The molecular formula is C16H24N2O3. The van der Waals surface area contributed by atoms with Gasteiger partial charge in [-0.1, -0.05) is 27.7 Å². The molecule has 0 bridgehead atoms. The molecule has 1 saturated heterocycles. The van der Waals surface area contributed by atoms with E-state index in [1.807, 2.05) is 33.8 Å². The van der Waals surface area contributed by atoms with Crippen LogP contribution in [0.1, 0.15) is 39.9 Å². The quantitative estimate of drug-likeness (QED) is 0.904. The predicted molar refractivity (Wildman–Crippen MR) is 79.3 cm³/mol. The van der Waals surface area contributed by atoms with E-state index in [0.29, 0.717) is 24.6 Å². The van der Waals surface area contributed by atoms with Gasteiger partial charge in [0.1, 0.15) is 17.8 Å². The molecule has 5 heteroatoms. The van der Waals surface area contributed by atoms with Gasteiger partial charge in [-0.2, -0.15) is 0 Å². The van der Waals surface area contributed by atoms with Gasteiger partial charge < -0.3 is 14.6 Å². The molecule has 2 unspecified atom stereocenters. The van der Waals surface area contributed by atoms with Gasteiger partial charge in [0.15, 0.2) is 0 Å². The molecule has 1 N–H and O–H groups in total. The van der Waals surface area contributed by atoms with Gasteiger partial charge in [0.25, 0.3) is 0 Å². The lowest BCUT2D eigenvalue weighted by atomic mass is 9.93. The molecule has 2 amide bonds. The number of nitrogens with zero attached hydrogens (tertiary/aromatic N) is 1. The van der Waals surface area contributed by atoms with E-state index in [1.165, 1.54) is 0 Å². The molecule has 1 aliphatic heterocycles. The molecular weight excluding hydrogens is 268 g/mol. The molecule has 116 valence electrons. The van der Waals surface area contributed by atoms with Crippen LogP contribution in [0.2, 0.25) is 0 Å². The average molecular weight is 292 g/mol. The van der Waals surface area contributed by atoms with Crippen molar-refractivity contribution < 1.29 is 14.0 Å². The second-order valence-electron chi connectivity index (χ2n) is 6.43. The van der Waals surface area contributed by atoms with Crippen molar-refractivity contribution >= 4 is 11.8 Å². The van der Waals surface area contributed by atoms with Crippen LogP contribution in [0.5, 0.6) is 0 Å². The molecule has 0 radical (unpaired) electrons. The first-order chi connectivity index (χ1) is 9.90. The third kappa shape index (κ3) is 3.46. The fraction of sp³-hybridized carbons (Fsp3) is 0.625. The Morgan fingerprint density at radius 3 is 2.52 bits per heavy atom. The van der Waals surface area contributed by atoms with Crippen LogP contribution < -0.4 is 5.32 Å². The summed E-state index contributed by atoms with van der Waals surface area (Å²) >= 11 is 0. The van der Waals surface area contributed by atoms with Crippen LogP contribution in [0, 0.1) is 11.8 Å². The molecule has 0 aliphatic carbocycles. The number of piperazine rings is 1. The highest BCUT2D eigenvalue weighted by Crippen LogP contribution is 2.22. The van der Waals surface area contributed by atoms with Gasteiger partial charge in [-0.3, -0.25) is 9.59 Å². The maximum atomic E-state index is 12.7. The van der Waals surface area contributed by atoms with Crippen LogP contribution in [-0.2, 0) is 16.1 Å². The number of hydrogen-bond donors (Lipinski definition) is 1. The molecule has 1 aromatic rings. The van der Waals surface area contributed by atoms with Gasteiger partial charge in [0.2, 0.25) is 11.8 Å². The zero-order valence-electron chi connectivity index (χ0n) is 13.1. The van der Waals surface area contributed by atoms with Crippen molar-refractivity contribution in [3.05, 3.63) is 24.2 Å². The Morgan fingerprint density at radius 1 is 1.29 bits per heavy atom. The minimum absolute atomic E-state index is 0.0154. The zero-order valence-corrected chi connectivity index (χ0v) is 13.1. The van der Waals surface area contributed by atoms with E-state index < -0.39 is 12.1 Å². The number of carbonyl (C=O) groups is 2. The van der Waals surface area contributed by atoms with E-state index in [2.05, 4.69) is 5.32 Å². The lowest BCUT2D eigenvalue weighted by Gasteiger charge is -2.40. The summed E-state index contributed by atoms with van der Waals surface area (Å²) in [5, 5.41) is 2.88. The molecule has 0 aromatic carbocycles. The van der Waals surface area contributed by atoms with Crippen LogP contribution in [0.15, 0.2) is 22.8 Å². The first-order valence-electron chi connectivity index (χ1n) is 7.53. The fourth-order valence-electron chi connectivity index (χ4n) is 2.84. The normalized spacial score (nSPS) is 23.0. The van der Waals surface area contributed by atoms with Crippen LogP contribution >= 0.6 is 0 Å². The van der Waals surface area contributed by atoms with Crippen LogP contribution in [0.25, 0.3) is 0 Å². The average Bonchev–Trinajstić information content (AvgIpc) is 2.87. The van der Waals surface area contributed by atoms with Crippen LogP contribution in [0.3, 0.4) is 0 Å². The Bertz CT molecular complexity index is 494. The highest BCUT2D eigenvalue weighted by Gasteiger charge is 2.42. The number of amides is 2. The van der Waals surface area contributed by atoms with Gasteiger partial charge in [-0.05, 0) is 30.4 Å². The van der Waals surface area contributed by atoms with Gasteiger partial charge in [-0.15, -0.1) is 0 Å². The van der Waals surface area contributed by atoms with Gasteiger partial charge in [0.05, 0.1) is 12.8 Å². The van der Waals surface area contributed by atoms with Gasteiger partial charge in [0, 0.05) is 0 Å². The fourth-order valence-corrected chi connectivity index (χ4v) is 2.84. The Morgan fingerprint density at radius 2 is 2.00 bits per heavy atom. The minimum atomic E-state index is -0.439. The molecule has 0 spiro atoms. The second-order valence-corrected chi connectivity index (χ2v) is 6.43. The van der Waals surface area contributed by atoms with E-state index in [-0.39, 0.29) is 17.7 Å². The Hall–Kier alpha value is -1.78. The van der Waals surface area contributed by atoms with Gasteiger partial charge in [-0.25, -0.2) is 0 Å². The van der Waals surface area contributed by atoms with Crippen molar-refractivity contribution in [3.8, 4) is 0 Å². The Kier molecular flexibility index (Phi) is 4.70. The first kappa shape index (κ1) is 15.6. The summed E-state index contributed by atoms with van der Waals surface area (Å²) in [5.41, 5.74) is 0.